The number of benzene rings is 1. The van der Waals surface area contributed by atoms with Crippen molar-refractivity contribution in [3.05, 3.63) is 33.6 Å². The second-order valence-electron chi connectivity index (χ2n) is 2.74. The summed E-state index contributed by atoms with van der Waals surface area (Å²) in [6, 6.07) is 7.67. The van der Waals surface area contributed by atoms with E-state index in [1.165, 1.54) is 6.47 Å². The van der Waals surface area contributed by atoms with E-state index in [0.29, 0.717) is 5.76 Å². The highest BCUT2D eigenvalue weighted by atomic mass is 127. The third kappa shape index (κ3) is 1.75. The van der Waals surface area contributed by atoms with Crippen LogP contribution < -0.4 is 0 Å². The second kappa shape index (κ2) is 4.00. The lowest BCUT2D eigenvalue weighted by Crippen LogP contribution is -1.85. The molecule has 2 aromatic rings. The van der Waals surface area contributed by atoms with Gasteiger partial charge in [-0.15, -0.1) is 0 Å². The van der Waals surface area contributed by atoms with Gasteiger partial charge in [0.2, 0.25) is 0 Å². The van der Waals surface area contributed by atoms with Gasteiger partial charge in [-0.25, -0.2) is 4.79 Å². The normalized spacial score (nSPS) is 10.4. The Kier molecular flexibility index (Phi) is 2.72. The zero-order chi connectivity index (χ0) is 9.97. The molecule has 1 heterocycles. The van der Waals surface area contributed by atoms with Crippen molar-refractivity contribution < 1.29 is 13.9 Å². The average Bonchev–Trinajstić information content (AvgIpc) is 2.59. The van der Waals surface area contributed by atoms with Gasteiger partial charge in [0.05, 0.1) is 0 Å². The third-order valence-electron chi connectivity index (χ3n) is 1.83. The molecule has 1 aromatic carbocycles. The molecule has 1 radical (unpaired) electrons. The quantitative estimate of drug-likeness (QED) is 0.818. The zero-order valence-corrected chi connectivity index (χ0v) is 9.28. The molecule has 0 aliphatic carbocycles. The lowest BCUT2D eigenvalue weighted by molar-refractivity contribution is 0.242. The summed E-state index contributed by atoms with van der Waals surface area (Å²) in [5.74, 6) is 0.632. The fraction of sp³-hybridized carbons (Fsp3) is 0.100. The van der Waals surface area contributed by atoms with E-state index in [0.717, 1.165) is 14.5 Å². The zero-order valence-electron chi connectivity index (χ0n) is 7.12. The molecular formula is C10H6IO3. The fourth-order valence-electron chi connectivity index (χ4n) is 1.25. The van der Waals surface area contributed by atoms with Gasteiger partial charge in [-0.1, -0.05) is 6.07 Å². The number of halogens is 1. The van der Waals surface area contributed by atoms with Crippen LogP contribution in [0.5, 0.6) is 0 Å². The summed E-state index contributed by atoms with van der Waals surface area (Å²) in [7, 11) is 0. The Morgan fingerprint density at radius 3 is 3.07 bits per heavy atom. The van der Waals surface area contributed by atoms with E-state index in [-0.39, 0.29) is 6.61 Å². The van der Waals surface area contributed by atoms with Crippen molar-refractivity contribution in [1.29, 1.82) is 0 Å². The maximum atomic E-state index is 9.87. The monoisotopic (exact) mass is 301 g/mol. The van der Waals surface area contributed by atoms with Gasteiger partial charge in [0.25, 0.3) is 0 Å². The summed E-state index contributed by atoms with van der Waals surface area (Å²) in [5.41, 5.74) is 0.807. The summed E-state index contributed by atoms with van der Waals surface area (Å²) in [6.45, 7) is 1.50. The lowest BCUT2D eigenvalue weighted by atomic mass is 10.2. The molecule has 4 heteroatoms. The van der Waals surface area contributed by atoms with E-state index >= 15 is 0 Å². The third-order valence-corrected chi connectivity index (χ3v) is 2.77. The van der Waals surface area contributed by atoms with Crippen molar-refractivity contribution >= 4 is 40.0 Å². The molecule has 0 amide bonds. The molecule has 1 aromatic heterocycles. The number of fused-ring (bicyclic) bond motifs is 1. The molecule has 0 saturated carbocycles. The minimum absolute atomic E-state index is 0.133. The van der Waals surface area contributed by atoms with Crippen molar-refractivity contribution in [2.45, 2.75) is 6.61 Å². The standard InChI is InChI=1S/C10H6IO3/c11-9-2-1-3-10-8(9)4-7(14-10)5-13-6-12/h1-4H,5H2. The van der Waals surface area contributed by atoms with Crippen LogP contribution in [0.1, 0.15) is 5.76 Å². The fourth-order valence-corrected chi connectivity index (χ4v) is 1.88. The van der Waals surface area contributed by atoms with Gasteiger partial charge < -0.3 is 9.15 Å². The predicted molar refractivity (Wildman–Crippen MR) is 59.4 cm³/mol. The van der Waals surface area contributed by atoms with Crippen molar-refractivity contribution in [2.24, 2.45) is 0 Å². The topological polar surface area (TPSA) is 39.4 Å². The van der Waals surface area contributed by atoms with E-state index in [4.69, 9.17) is 4.42 Å². The Hall–Kier alpha value is -1.04. The van der Waals surface area contributed by atoms with Gasteiger partial charge in [0, 0.05) is 8.96 Å². The average molecular weight is 301 g/mol. The smallest absolute Gasteiger partial charge is 0.417 e. The van der Waals surface area contributed by atoms with Crippen LogP contribution in [0.3, 0.4) is 0 Å². The first kappa shape index (κ1) is 9.51. The van der Waals surface area contributed by atoms with E-state index in [9.17, 15) is 4.79 Å². The number of hydrogen-bond donors (Lipinski definition) is 0. The van der Waals surface area contributed by atoms with Crippen LogP contribution in [0.15, 0.2) is 28.7 Å². The Morgan fingerprint density at radius 1 is 1.50 bits per heavy atom. The number of carbonyl (C=O) groups excluding carboxylic acids is 1. The van der Waals surface area contributed by atoms with E-state index in [1.54, 1.807) is 0 Å². The molecule has 0 atom stereocenters. The molecule has 2 rings (SSSR count). The highest BCUT2D eigenvalue weighted by Gasteiger charge is 2.05. The number of hydrogen-bond acceptors (Lipinski definition) is 3. The molecular weight excluding hydrogens is 295 g/mol. The first-order chi connectivity index (χ1) is 6.81. The largest absolute Gasteiger partial charge is 0.457 e. The Morgan fingerprint density at radius 2 is 2.36 bits per heavy atom. The van der Waals surface area contributed by atoms with Crippen LogP contribution in [-0.2, 0) is 16.1 Å². The number of ether oxygens (including phenoxy) is 1. The SMILES string of the molecule is O=[C]OCc1cc2c(I)cccc2o1. The molecule has 0 saturated heterocycles. The van der Waals surface area contributed by atoms with Gasteiger partial charge in [-0.05, 0) is 40.8 Å². The first-order valence-electron chi connectivity index (χ1n) is 3.97. The van der Waals surface area contributed by atoms with E-state index in [1.807, 2.05) is 24.3 Å². The lowest BCUT2D eigenvalue weighted by Gasteiger charge is -1.90. The molecule has 71 valence electrons. The molecule has 3 nitrogen and oxygen atoms in total. The molecule has 0 bridgehead atoms. The van der Waals surface area contributed by atoms with Gasteiger partial charge >= 0.3 is 6.47 Å². The highest BCUT2D eigenvalue weighted by molar-refractivity contribution is 14.1. The Labute approximate surface area is 94.2 Å². The van der Waals surface area contributed by atoms with Crippen molar-refractivity contribution in [1.82, 2.24) is 0 Å². The van der Waals surface area contributed by atoms with Crippen LogP contribution in [0.4, 0.5) is 0 Å². The van der Waals surface area contributed by atoms with Crippen LogP contribution in [-0.4, -0.2) is 6.47 Å². The van der Waals surface area contributed by atoms with Gasteiger partial charge in [-0.3, -0.25) is 0 Å². The first-order valence-corrected chi connectivity index (χ1v) is 5.05. The second-order valence-corrected chi connectivity index (χ2v) is 3.90. The molecule has 0 spiro atoms. The van der Waals surface area contributed by atoms with Crippen molar-refractivity contribution in [2.75, 3.05) is 0 Å². The maximum Gasteiger partial charge on any atom is 0.417 e. The molecule has 0 fully saturated rings. The van der Waals surface area contributed by atoms with Crippen molar-refractivity contribution in [3.63, 3.8) is 0 Å². The minimum atomic E-state index is 0.133. The molecule has 0 N–H and O–H groups in total. The maximum absolute atomic E-state index is 9.87. The summed E-state index contributed by atoms with van der Waals surface area (Å²) < 4.78 is 11.0. The van der Waals surface area contributed by atoms with E-state index in [2.05, 4.69) is 27.3 Å². The van der Waals surface area contributed by atoms with Gasteiger partial charge in [-0.2, -0.15) is 0 Å². The summed E-state index contributed by atoms with van der Waals surface area (Å²) in [6.07, 6.45) is 0. The molecule has 14 heavy (non-hydrogen) atoms. The predicted octanol–water partition coefficient (Wildman–Crippen LogP) is 2.62. The molecule has 0 aliphatic rings. The Bertz CT molecular complexity index is 461. The van der Waals surface area contributed by atoms with Crippen LogP contribution in [0.2, 0.25) is 0 Å². The van der Waals surface area contributed by atoms with Crippen LogP contribution in [0, 0.1) is 3.57 Å². The number of rotatable bonds is 3. The van der Waals surface area contributed by atoms with Crippen LogP contribution in [0.25, 0.3) is 11.0 Å². The van der Waals surface area contributed by atoms with E-state index < -0.39 is 0 Å². The van der Waals surface area contributed by atoms with Gasteiger partial charge in [0.15, 0.2) is 0 Å². The molecule has 0 aliphatic heterocycles. The highest BCUT2D eigenvalue weighted by Crippen LogP contribution is 2.24. The minimum Gasteiger partial charge on any atom is -0.457 e. The van der Waals surface area contributed by atoms with Gasteiger partial charge in [0.1, 0.15) is 18.0 Å². The van der Waals surface area contributed by atoms with Crippen molar-refractivity contribution in [3.8, 4) is 0 Å². The molecule has 0 unspecified atom stereocenters. The number of furan rings is 1. The van der Waals surface area contributed by atoms with Crippen LogP contribution >= 0.6 is 22.6 Å². The Balaban J connectivity index is 2.41. The summed E-state index contributed by atoms with van der Waals surface area (Å²) in [4.78, 5) is 9.87. The summed E-state index contributed by atoms with van der Waals surface area (Å²) in [5, 5.41) is 1.04. The summed E-state index contributed by atoms with van der Waals surface area (Å²) >= 11 is 2.23.